The summed E-state index contributed by atoms with van der Waals surface area (Å²) in [7, 11) is 0. The Balaban J connectivity index is 4.26. The highest BCUT2D eigenvalue weighted by atomic mass is 16.2. The minimum absolute atomic E-state index is 0.184. The highest BCUT2D eigenvalue weighted by Gasteiger charge is 2.15. The van der Waals surface area contributed by atoms with Crippen LogP contribution in [0.5, 0.6) is 0 Å². The molecule has 0 N–H and O–H groups in total. The molecular weight excluding hydrogens is 234 g/mol. The van der Waals surface area contributed by atoms with Crippen LogP contribution in [0.1, 0.15) is 66.2 Å². The molecule has 0 aromatic heterocycles. The van der Waals surface area contributed by atoms with E-state index in [1.807, 2.05) is 31.7 Å². The molecule has 0 atom stereocenters. The number of likely N-dealkylation sites (N-methyl/N-ethyl adjacent to an activating group) is 1. The van der Waals surface area contributed by atoms with Gasteiger partial charge in [0, 0.05) is 18.7 Å². The lowest BCUT2D eigenvalue weighted by molar-refractivity contribution is -0.126. The van der Waals surface area contributed by atoms with Crippen LogP contribution >= 0.6 is 0 Å². The normalized spacial score (nSPS) is 11.5. The number of nitrogens with zero attached hydrogens (tertiary/aromatic N) is 1. The van der Waals surface area contributed by atoms with Crippen molar-refractivity contribution in [3.8, 4) is 0 Å². The Hall–Kier alpha value is -1.05. The first kappa shape index (κ1) is 17.9. The highest BCUT2D eigenvalue weighted by molar-refractivity contribution is 5.93. The Morgan fingerprint density at radius 1 is 1.16 bits per heavy atom. The van der Waals surface area contributed by atoms with E-state index in [1.165, 1.54) is 25.7 Å². The molecule has 0 heterocycles. The second kappa shape index (κ2) is 10.8. The Bertz CT molecular complexity index is 304. The third-order valence-electron chi connectivity index (χ3n) is 3.30. The molecule has 0 saturated heterocycles. The number of carbonyl (C=O) groups excluding carboxylic acids is 1. The Kier molecular flexibility index (Phi) is 10.2. The fraction of sp³-hybridized carbons (Fsp3) is 0.706. The molecule has 0 saturated carbocycles. The van der Waals surface area contributed by atoms with Crippen LogP contribution < -0.4 is 0 Å². The molecule has 0 fully saturated rings. The Morgan fingerprint density at radius 3 is 2.26 bits per heavy atom. The van der Waals surface area contributed by atoms with Gasteiger partial charge < -0.3 is 4.90 Å². The van der Waals surface area contributed by atoms with Crippen molar-refractivity contribution in [3.05, 3.63) is 23.8 Å². The maximum absolute atomic E-state index is 12.4. The fourth-order valence-corrected chi connectivity index (χ4v) is 2.15. The third-order valence-corrected chi connectivity index (χ3v) is 3.30. The Morgan fingerprint density at radius 2 is 1.79 bits per heavy atom. The van der Waals surface area contributed by atoms with Gasteiger partial charge in [0.25, 0.3) is 0 Å². The van der Waals surface area contributed by atoms with Crippen molar-refractivity contribution in [2.75, 3.05) is 13.1 Å². The molecule has 0 aromatic rings. The van der Waals surface area contributed by atoms with Crippen LogP contribution in [0.4, 0.5) is 0 Å². The van der Waals surface area contributed by atoms with Crippen LogP contribution in [-0.4, -0.2) is 23.9 Å². The third kappa shape index (κ3) is 7.86. The van der Waals surface area contributed by atoms with Crippen molar-refractivity contribution >= 4 is 5.91 Å². The molecule has 0 aliphatic rings. The van der Waals surface area contributed by atoms with E-state index in [0.29, 0.717) is 6.54 Å². The van der Waals surface area contributed by atoms with Crippen molar-refractivity contribution in [1.82, 2.24) is 4.90 Å². The summed E-state index contributed by atoms with van der Waals surface area (Å²) < 4.78 is 0. The van der Waals surface area contributed by atoms with Gasteiger partial charge in [0.05, 0.1) is 0 Å². The van der Waals surface area contributed by atoms with E-state index in [0.717, 1.165) is 30.5 Å². The van der Waals surface area contributed by atoms with E-state index in [1.54, 1.807) is 0 Å². The zero-order valence-corrected chi connectivity index (χ0v) is 13.3. The molecule has 110 valence electrons. The standard InChI is InChI=1S/C17H31NO/c1-6-9-10-11-12-13-16(7-2)17(19)18(8-3)14-15(4)5/h7H,4,6,8-14H2,1-3,5H3. The largest absolute Gasteiger partial charge is 0.335 e. The molecule has 0 spiro atoms. The smallest absolute Gasteiger partial charge is 0.249 e. The van der Waals surface area contributed by atoms with Gasteiger partial charge in [-0.2, -0.15) is 0 Å². The van der Waals surface area contributed by atoms with E-state index in [4.69, 9.17) is 0 Å². The van der Waals surface area contributed by atoms with Crippen LogP contribution in [0, 0.1) is 0 Å². The van der Waals surface area contributed by atoms with E-state index in [9.17, 15) is 4.79 Å². The fourth-order valence-electron chi connectivity index (χ4n) is 2.15. The minimum Gasteiger partial charge on any atom is -0.335 e. The quantitative estimate of drug-likeness (QED) is 0.318. The summed E-state index contributed by atoms with van der Waals surface area (Å²) in [5, 5.41) is 0. The number of hydrogen-bond acceptors (Lipinski definition) is 1. The highest BCUT2D eigenvalue weighted by Crippen LogP contribution is 2.14. The average Bonchev–Trinajstić information content (AvgIpc) is 2.39. The zero-order valence-electron chi connectivity index (χ0n) is 13.3. The van der Waals surface area contributed by atoms with Crippen molar-refractivity contribution in [2.45, 2.75) is 66.2 Å². The van der Waals surface area contributed by atoms with Crippen LogP contribution in [0.25, 0.3) is 0 Å². The lowest BCUT2D eigenvalue weighted by atomic mass is 10.0. The number of unbranched alkanes of at least 4 members (excludes halogenated alkanes) is 4. The number of carbonyl (C=O) groups is 1. The van der Waals surface area contributed by atoms with Gasteiger partial charge in [-0.15, -0.1) is 0 Å². The van der Waals surface area contributed by atoms with Gasteiger partial charge in [-0.25, -0.2) is 0 Å². The van der Waals surface area contributed by atoms with E-state index in [2.05, 4.69) is 13.5 Å². The molecular formula is C17H31NO. The van der Waals surface area contributed by atoms with Gasteiger partial charge in [0.2, 0.25) is 5.91 Å². The number of rotatable bonds is 10. The summed E-state index contributed by atoms with van der Waals surface area (Å²) in [6.45, 7) is 13.5. The van der Waals surface area contributed by atoms with Crippen LogP contribution in [0.3, 0.4) is 0 Å². The summed E-state index contributed by atoms with van der Waals surface area (Å²) in [5.74, 6) is 0.184. The molecule has 0 unspecified atom stereocenters. The maximum atomic E-state index is 12.4. The molecule has 2 heteroatoms. The minimum atomic E-state index is 0.184. The molecule has 19 heavy (non-hydrogen) atoms. The molecule has 2 nitrogen and oxygen atoms in total. The molecule has 0 bridgehead atoms. The van der Waals surface area contributed by atoms with Crippen molar-refractivity contribution in [1.29, 1.82) is 0 Å². The van der Waals surface area contributed by atoms with E-state index < -0.39 is 0 Å². The number of hydrogen-bond donors (Lipinski definition) is 0. The summed E-state index contributed by atoms with van der Waals surface area (Å²) in [4.78, 5) is 14.3. The summed E-state index contributed by atoms with van der Waals surface area (Å²) >= 11 is 0. The molecule has 1 amide bonds. The first-order chi connectivity index (χ1) is 9.06. The van der Waals surface area contributed by atoms with Gasteiger partial charge in [-0.1, -0.05) is 50.8 Å². The molecule has 0 aromatic carbocycles. The molecule has 0 radical (unpaired) electrons. The van der Waals surface area contributed by atoms with Crippen molar-refractivity contribution in [3.63, 3.8) is 0 Å². The monoisotopic (exact) mass is 265 g/mol. The maximum Gasteiger partial charge on any atom is 0.249 e. The van der Waals surface area contributed by atoms with E-state index >= 15 is 0 Å². The van der Waals surface area contributed by atoms with E-state index in [-0.39, 0.29) is 5.91 Å². The van der Waals surface area contributed by atoms with Gasteiger partial charge in [0.15, 0.2) is 0 Å². The lowest BCUT2D eigenvalue weighted by Gasteiger charge is -2.22. The van der Waals surface area contributed by atoms with Crippen LogP contribution in [0.15, 0.2) is 23.8 Å². The summed E-state index contributed by atoms with van der Waals surface area (Å²) in [6.07, 6.45) is 9.08. The molecule has 0 aliphatic heterocycles. The number of allylic oxidation sites excluding steroid dienone is 1. The predicted octanol–water partition coefficient (Wildman–Crippen LogP) is 4.72. The van der Waals surface area contributed by atoms with Gasteiger partial charge in [-0.05, 0) is 33.6 Å². The first-order valence-electron chi connectivity index (χ1n) is 7.65. The summed E-state index contributed by atoms with van der Waals surface area (Å²) in [6, 6.07) is 0. The van der Waals surface area contributed by atoms with Gasteiger partial charge >= 0.3 is 0 Å². The Labute approximate surface area is 119 Å². The predicted molar refractivity (Wildman–Crippen MR) is 84.2 cm³/mol. The summed E-state index contributed by atoms with van der Waals surface area (Å²) in [5.41, 5.74) is 1.99. The second-order valence-electron chi connectivity index (χ2n) is 5.25. The van der Waals surface area contributed by atoms with Crippen LogP contribution in [-0.2, 0) is 4.79 Å². The van der Waals surface area contributed by atoms with Crippen molar-refractivity contribution < 1.29 is 4.79 Å². The van der Waals surface area contributed by atoms with Crippen LogP contribution in [0.2, 0.25) is 0 Å². The van der Waals surface area contributed by atoms with Gasteiger partial charge in [-0.3, -0.25) is 4.79 Å². The first-order valence-corrected chi connectivity index (χ1v) is 7.65. The number of amides is 1. The topological polar surface area (TPSA) is 20.3 Å². The second-order valence-corrected chi connectivity index (χ2v) is 5.25. The SMILES string of the molecule is C=C(C)CN(CC)C(=O)C(=CC)CCCCCCC. The average molecular weight is 265 g/mol. The van der Waals surface area contributed by atoms with Gasteiger partial charge in [0.1, 0.15) is 0 Å². The molecule has 0 rings (SSSR count). The lowest BCUT2D eigenvalue weighted by Crippen LogP contribution is -2.33. The zero-order chi connectivity index (χ0) is 14.7. The van der Waals surface area contributed by atoms with Crippen molar-refractivity contribution in [2.24, 2.45) is 0 Å². The molecule has 0 aliphatic carbocycles.